The molecule has 12 heteroatoms. The molecule has 1 saturated carbocycles. The highest BCUT2D eigenvalue weighted by Crippen LogP contribution is 2.47. The Bertz CT molecular complexity index is 678. The van der Waals surface area contributed by atoms with Crippen LogP contribution in [0.2, 0.25) is 0 Å². The largest absolute Gasteiger partial charge is 0.472 e. The zero-order valence-electron chi connectivity index (χ0n) is 22.3. The average Bonchev–Trinajstić information content (AvgIpc) is 2.83. The van der Waals surface area contributed by atoms with E-state index in [1.807, 2.05) is 0 Å². The number of aliphatic hydroxyl groups excluding tert-OH is 3. The van der Waals surface area contributed by atoms with Gasteiger partial charge in [0.2, 0.25) is 0 Å². The zero-order chi connectivity index (χ0) is 27.7. The topological polar surface area (TPSA) is 169 Å². The monoisotopic (exact) mass is 554 g/mol. The van der Waals surface area contributed by atoms with E-state index in [0.717, 1.165) is 51.4 Å². The molecule has 11 nitrogen and oxygen atoms in total. The first-order valence-corrected chi connectivity index (χ1v) is 15.1. The summed E-state index contributed by atoms with van der Waals surface area (Å²) in [6.45, 7) is 3.24. The van der Waals surface area contributed by atoms with Crippen LogP contribution in [0.4, 0.5) is 0 Å². The van der Waals surface area contributed by atoms with Gasteiger partial charge < -0.3 is 29.7 Å². The van der Waals surface area contributed by atoms with Gasteiger partial charge in [0.25, 0.3) is 0 Å². The maximum atomic E-state index is 12.5. The molecular formula is C25H47O11P. The number of phosphoric ester groups is 1. The van der Waals surface area contributed by atoms with Gasteiger partial charge in [0, 0.05) is 25.7 Å². The molecule has 0 aromatic heterocycles. The molecule has 0 heterocycles. The van der Waals surface area contributed by atoms with Gasteiger partial charge in [-0.05, 0) is 12.8 Å². The van der Waals surface area contributed by atoms with E-state index in [4.69, 9.17) is 18.5 Å². The number of rotatable bonds is 20. The third-order valence-corrected chi connectivity index (χ3v) is 7.15. The normalized spacial score (nSPS) is 24.3. The summed E-state index contributed by atoms with van der Waals surface area (Å²) in [6, 6.07) is 0. The lowest BCUT2D eigenvalue weighted by molar-refractivity contribution is -0.161. The van der Waals surface area contributed by atoms with Crippen molar-refractivity contribution in [2.45, 2.75) is 134 Å². The maximum absolute atomic E-state index is 12.5. The fraction of sp³-hybridized carbons (Fsp3) is 0.920. The molecule has 37 heavy (non-hydrogen) atoms. The van der Waals surface area contributed by atoms with Crippen LogP contribution in [0.3, 0.4) is 0 Å². The molecule has 0 aromatic carbocycles. The van der Waals surface area contributed by atoms with E-state index in [1.165, 1.54) is 0 Å². The predicted molar refractivity (Wildman–Crippen MR) is 135 cm³/mol. The number of unbranched alkanes of at least 4 members (excludes halogenated alkanes) is 8. The van der Waals surface area contributed by atoms with Crippen molar-refractivity contribution in [2.75, 3.05) is 13.2 Å². The molecule has 1 unspecified atom stereocenters. The van der Waals surface area contributed by atoms with Crippen molar-refractivity contribution in [1.82, 2.24) is 0 Å². The van der Waals surface area contributed by atoms with Crippen molar-refractivity contribution in [3.8, 4) is 0 Å². The fourth-order valence-corrected chi connectivity index (χ4v) is 5.05. The van der Waals surface area contributed by atoms with Crippen LogP contribution in [-0.2, 0) is 32.7 Å². The molecule has 0 aliphatic heterocycles. The first-order chi connectivity index (χ1) is 17.6. The van der Waals surface area contributed by atoms with Gasteiger partial charge >= 0.3 is 19.8 Å². The molecule has 0 spiro atoms. The number of carbonyl (C=O) groups is 2. The Morgan fingerprint density at radius 3 is 1.86 bits per heavy atom. The number of esters is 2. The summed E-state index contributed by atoms with van der Waals surface area (Å²) in [7, 11) is -4.80. The number of aliphatic hydroxyl groups is 3. The molecule has 4 N–H and O–H groups in total. The van der Waals surface area contributed by atoms with Gasteiger partial charge in [-0.2, -0.15) is 0 Å². The van der Waals surface area contributed by atoms with E-state index in [1.54, 1.807) is 0 Å². The zero-order valence-corrected chi connectivity index (χ0v) is 23.2. The lowest BCUT2D eigenvalue weighted by Gasteiger charge is -2.35. The quantitative estimate of drug-likeness (QED) is 0.0986. The standard InChI is InChI=1S/C25H47O11P/c1-3-5-7-9-11-13-23(29)33-17-20(35-24(30)14-12-10-8-6-4-2)18-34-37(31,32)36-25-21(27)15-19(26)16-22(25)28/h19-22,25-28H,3-18H2,1-2H3,(H,31,32)/t19?,20-,21-,22-,25?/m1/s1. The lowest BCUT2D eigenvalue weighted by Crippen LogP contribution is -2.47. The summed E-state index contributed by atoms with van der Waals surface area (Å²) in [4.78, 5) is 34.5. The Kier molecular flexibility index (Phi) is 17.5. The molecular weight excluding hydrogens is 507 g/mol. The number of ether oxygens (including phenoxy) is 2. The van der Waals surface area contributed by atoms with Gasteiger partial charge in [0.05, 0.1) is 24.9 Å². The Labute approximate surface area is 220 Å². The second-order valence-electron chi connectivity index (χ2n) is 9.72. The molecule has 0 bridgehead atoms. The van der Waals surface area contributed by atoms with Crippen LogP contribution in [0.1, 0.15) is 104 Å². The van der Waals surface area contributed by atoms with E-state index in [9.17, 15) is 34.4 Å². The van der Waals surface area contributed by atoms with Gasteiger partial charge in [0.15, 0.2) is 6.10 Å². The third kappa shape index (κ3) is 15.8. The Morgan fingerprint density at radius 2 is 1.32 bits per heavy atom. The van der Waals surface area contributed by atoms with Gasteiger partial charge in [0.1, 0.15) is 12.7 Å². The van der Waals surface area contributed by atoms with Crippen LogP contribution < -0.4 is 0 Å². The fourth-order valence-electron chi connectivity index (χ4n) is 4.05. The van der Waals surface area contributed by atoms with E-state index < -0.39 is 56.9 Å². The van der Waals surface area contributed by atoms with Crippen LogP contribution in [0.25, 0.3) is 0 Å². The first-order valence-electron chi connectivity index (χ1n) is 13.6. The second kappa shape index (κ2) is 19.1. The summed E-state index contributed by atoms with van der Waals surface area (Å²) in [5.41, 5.74) is 0. The van der Waals surface area contributed by atoms with E-state index in [-0.39, 0.29) is 32.3 Å². The third-order valence-electron chi connectivity index (χ3n) is 6.16. The molecule has 0 aromatic rings. The highest BCUT2D eigenvalue weighted by atomic mass is 31.2. The van der Waals surface area contributed by atoms with Gasteiger partial charge in [-0.1, -0.05) is 65.2 Å². The Morgan fingerprint density at radius 1 is 0.811 bits per heavy atom. The summed E-state index contributed by atoms with van der Waals surface area (Å²) >= 11 is 0. The highest BCUT2D eigenvalue weighted by Gasteiger charge is 2.41. The number of hydrogen-bond donors (Lipinski definition) is 4. The summed E-state index contributed by atoms with van der Waals surface area (Å²) in [5, 5.41) is 29.6. The molecule has 0 saturated heterocycles. The van der Waals surface area contributed by atoms with Crippen LogP contribution in [0.5, 0.6) is 0 Å². The number of hydrogen-bond acceptors (Lipinski definition) is 10. The van der Waals surface area contributed by atoms with Crippen LogP contribution in [0, 0.1) is 0 Å². The lowest BCUT2D eigenvalue weighted by atomic mass is 9.90. The average molecular weight is 555 g/mol. The van der Waals surface area contributed by atoms with Crippen molar-refractivity contribution in [2.24, 2.45) is 0 Å². The minimum absolute atomic E-state index is 0.130. The van der Waals surface area contributed by atoms with Crippen molar-refractivity contribution in [3.63, 3.8) is 0 Å². The summed E-state index contributed by atoms with van der Waals surface area (Å²) in [6.07, 6.45) is 3.30. The smallest absolute Gasteiger partial charge is 0.462 e. The SMILES string of the molecule is CCCCCCCC(=O)OC[C@H](COP(=O)(O)OC1[C@H](O)CC(O)C[C@H]1O)OC(=O)CCCCCCC. The minimum atomic E-state index is -4.80. The maximum Gasteiger partial charge on any atom is 0.472 e. The number of phosphoric acid groups is 1. The molecule has 1 aliphatic rings. The molecule has 1 aliphatic carbocycles. The van der Waals surface area contributed by atoms with E-state index >= 15 is 0 Å². The molecule has 0 amide bonds. The molecule has 0 radical (unpaired) electrons. The molecule has 1 fully saturated rings. The summed E-state index contributed by atoms with van der Waals surface area (Å²) in [5.74, 6) is -1.01. The van der Waals surface area contributed by atoms with Crippen molar-refractivity contribution in [3.05, 3.63) is 0 Å². The highest BCUT2D eigenvalue weighted by molar-refractivity contribution is 7.47. The molecule has 218 valence electrons. The van der Waals surface area contributed by atoms with Crippen molar-refractivity contribution < 1.29 is 52.9 Å². The predicted octanol–water partition coefficient (Wildman–Crippen LogP) is 3.54. The van der Waals surface area contributed by atoms with Gasteiger partial charge in [-0.15, -0.1) is 0 Å². The van der Waals surface area contributed by atoms with E-state index in [2.05, 4.69) is 13.8 Å². The van der Waals surface area contributed by atoms with Gasteiger partial charge in [-0.25, -0.2) is 4.57 Å². The number of carbonyl (C=O) groups excluding carboxylic acids is 2. The Balaban J connectivity index is 2.61. The first kappa shape index (κ1) is 34.0. The molecule has 4 atom stereocenters. The minimum Gasteiger partial charge on any atom is -0.462 e. The van der Waals surface area contributed by atoms with Crippen molar-refractivity contribution >= 4 is 19.8 Å². The van der Waals surface area contributed by atoms with Gasteiger partial charge in [-0.3, -0.25) is 18.6 Å². The molecule has 1 rings (SSSR count). The second-order valence-corrected chi connectivity index (χ2v) is 11.1. The Hall–Kier alpha value is -1.07. The summed E-state index contributed by atoms with van der Waals surface area (Å²) < 4.78 is 32.9. The van der Waals surface area contributed by atoms with Crippen LogP contribution in [0.15, 0.2) is 0 Å². The van der Waals surface area contributed by atoms with Crippen LogP contribution >= 0.6 is 7.82 Å². The van der Waals surface area contributed by atoms with Crippen LogP contribution in [-0.4, -0.2) is 75.9 Å². The van der Waals surface area contributed by atoms with E-state index in [0.29, 0.717) is 12.8 Å². The van der Waals surface area contributed by atoms with Crippen molar-refractivity contribution in [1.29, 1.82) is 0 Å².